The molecule has 2 N–H and O–H groups in total. The van der Waals surface area contributed by atoms with E-state index in [1.165, 1.54) is 36.5 Å². The molecule has 8 nitrogen and oxygen atoms in total. The van der Waals surface area contributed by atoms with E-state index >= 15 is 8.78 Å². The minimum Gasteiger partial charge on any atom is -0.369 e. The van der Waals surface area contributed by atoms with Gasteiger partial charge < -0.3 is 20.4 Å². The zero-order valence-electron chi connectivity index (χ0n) is 21.1. The van der Waals surface area contributed by atoms with Gasteiger partial charge in [0.25, 0.3) is 0 Å². The third-order valence-electron chi connectivity index (χ3n) is 6.55. The number of carbonyl (C=O) groups excluding carboxylic acids is 1. The SMILES string of the molecule is C=CC(=O)Nc1cccc(C(F)(F)c2nc(Nc3ccc(N4CCN(C)CC4)cc3)nc3c2ccn3SF)c1. The zero-order chi connectivity index (χ0) is 27.6. The first-order valence-corrected chi connectivity index (χ1v) is 12.9. The summed E-state index contributed by atoms with van der Waals surface area (Å²) in [5.41, 5.74) is 0.847. The maximum atomic E-state index is 16.0. The summed E-state index contributed by atoms with van der Waals surface area (Å²) in [5, 5.41) is 5.47. The maximum absolute atomic E-state index is 16.0. The molecule has 1 aliphatic heterocycles. The van der Waals surface area contributed by atoms with Gasteiger partial charge in [0.2, 0.25) is 11.9 Å². The summed E-state index contributed by atoms with van der Waals surface area (Å²) in [7, 11) is 2.09. The fourth-order valence-corrected chi connectivity index (χ4v) is 4.73. The summed E-state index contributed by atoms with van der Waals surface area (Å²) in [6, 6.07) is 14.2. The number of alkyl halides is 2. The van der Waals surface area contributed by atoms with Crippen LogP contribution in [0, 0.1) is 0 Å². The standard InChI is InChI=1S/C27H26F3N7OS/c1-3-23(38)31-20-6-4-5-18(17-20)27(28,29)24-22-11-12-37(39-30)25(22)34-26(33-24)32-19-7-9-21(10-8-19)36-15-13-35(2)14-16-36/h3-12,17H,1,13-16H2,2H3,(H,31,38)(H,32,33,34). The lowest BCUT2D eigenvalue weighted by atomic mass is 10.0. The van der Waals surface area contributed by atoms with Gasteiger partial charge in [-0.3, -0.25) is 4.79 Å². The minimum absolute atomic E-state index is 0.000142. The van der Waals surface area contributed by atoms with Crippen LogP contribution in [0.3, 0.4) is 0 Å². The van der Waals surface area contributed by atoms with Crippen LogP contribution >= 0.6 is 12.3 Å². The van der Waals surface area contributed by atoms with Gasteiger partial charge in [0.05, 0.1) is 0 Å². The molecule has 39 heavy (non-hydrogen) atoms. The van der Waals surface area contributed by atoms with E-state index in [-0.39, 0.29) is 35.0 Å². The predicted octanol–water partition coefficient (Wildman–Crippen LogP) is 5.57. The van der Waals surface area contributed by atoms with Crippen molar-refractivity contribution in [3.8, 4) is 0 Å². The predicted molar refractivity (Wildman–Crippen MR) is 149 cm³/mol. The summed E-state index contributed by atoms with van der Waals surface area (Å²) in [6.07, 6.45) is 2.37. The van der Waals surface area contributed by atoms with Crippen LogP contribution in [0.25, 0.3) is 11.0 Å². The van der Waals surface area contributed by atoms with Crippen LogP contribution in [0.2, 0.25) is 0 Å². The van der Waals surface area contributed by atoms with E-state index < -0.39 is 23.1 Å². The summed E-state index contributed by atoms with van der Waals surface area (Å²) in [5.74, 6) is -4.22. The van der Waals surface area contributed by atoms with Gasteiger partial charge in [-0.2, -0.15) is 13.8 Å². The summed E-state index contributed by atoms with van der Waals surface area (Å²) in [6.45, 7) is 7.15. The highest BCUT2D eigenvalue weighted by atomic mass is 32.2. The summed E-state index contributed by atoms with van der Waals surface area (Å²) < 4.78 is 46.6. The lowest BCUT2D eigenvalue weighted by Gasteiger charge is -2.34. The van der Waals surface area contributed by atoms with Gasteiger partial charge in [0.1, 0.15) is 5.69 Å². The van der Waals surface area contributed by atoms with Gasteiger partial charge >= 0.3 is 5.92 Å². The molecule has 1 amide bonds. The third kappa shape index (κ3) is 5.57. The number of amides is 1. The molecule has 5 rings (SSSR count). The van der Waals surface area contributed by atoms with E-state index in [9.17, 15) is 8.68 Å². The third-order valence-corrected chi connectivity index (χ3v) is 7.00. The molecular weight excluding hydrogens is 527 g/mol. The molecule has 2 aromatic carbocycles. The number of benzene rings is 2. The number of halogens is 3. The van der Waals surface area contributed by atoms with E-state index in [2.05, 4.69) is 44.0 Å². The molecule has 2 aromatic heterocycles. The number of hydrogen-bond donors (Lipinski definition) is 2. The number of rotatable bonds is 8. The molecule has 202 valence electrons. The van der Waals surface area contributed by atoms with Crippen LogP contribution in [0.1, 0.15) is 11.3 Å². The quantitative estimate of drug-likeness (QED) is 0.276. The lowest BCUT2D eigenvalue weighted by molar-refractivity contribution is -0.111. The molecule has 0 unspecified atom stereocenters. The Balaban J connectivity index is 1.48. The van der Waals surface area contributed by atoms with Crippen molar-refractivity contribution in [2.24, 2.45) is 0 Å². The molecule has 0 aliphatic carbocycles. The Bertz CT molecular complexity index is 1500. The highest BCUT2D eigenvalue weighted by Crippen LogP contribution is 2.40. The van der Waals surface area contributed by atoms with Crippen LogP contribution in [0.15, 0.2) is 73.4 Å². The van der Waals surface area contributed by atoms with Crippen LogP contribution in [0.4, 0.5) is 35.7 Å². The van der Waals surface area contributed by atoms with E-state index in [4.69, 9.17) is 0 Å². The number of aromatic nitrogens is 3. The number of nitrogens with one attached hydrogen (secondary N) is 2. The maximum Gasteiger partial charge on any atom is 0.315 e. The Morgan fingerprint density at radius 1 is 1.05 bits per heavy atom. The first-order chi connectivity index (χ1) is 18.8. The van der Waals surface area contributed by atoms with Gasteiger partial charge in [0.15, 0.2) is 18.0 Å². The second-order valence-corrected chi connectivity index (χ2v) is 9.69. The molecular formula is C27H26F3N7OS. The topological polar surface area (TPSA) is 78.3 Å². The number of nitrogens with zero attached hydrogens (tertiary/aromatic N) is 5. The van der Waals surface area contributed by atoms with Crippen molar-refractivity contribution in [3.63, 3.8) is 0 Å². The van der Waals surface area contributed by atoms with Gasteiger partial charge in [-0.1, -0.05) is 18.7 Å². The molecule has 0 bridgehead atoms. The monoisotopic (exact) mass is 553 g/mol. The number of likely N-dealkylation sites (N-methyl/N-ethyl adjacent to an activating group) is 1. The lowest BCUT2D eigenvalue weighted by Crippen LogP contribution is -2.44. The Morgan fingerprint density at radius 2 is 1.79 bits per heavy atom. The van der Waals surface area contributed by atoms with Crippen molar-refractivity contribution >= 4 is 52.3 Å². The van der Waals surface area contributed by atoms with Crippen molar-refractivity contribution in [2.45, 2.75) is 5.92 Å². The second kappa shape index (κ2) is 11.0. The molecule has 0 atom stereocenters. The van der Waals surface area contributed by atoms with E-state index in [0.717, 1.165) is 41.9 Å². The number of anilines is 4. The average molecular weight is 554 g/mol. The zero-order valence-corrected chi connectivity index (χ0v) is 21.9. The van der Waals surface area contributed by atoms with Crippen molar-refractivity contribution in [3.05, 3.63) is 84.7 Å². The average Bonchev–Trinajstić information content (AvgIpc) is 3.36. The highest BCUT2D eigenvalue weighted by molar-refractivity contribution is 7.92. The number of piperazine rings is 1. The molecule has 1 aliphatic rings. The largest absolute Gasteiger partial charge is 0.369 e. The first-order valence-electron chi connectivity index (χ1n) is 12.2. The Labute approximate surface area is 228 Å². The van der Waals surface area contributed by atoms with Gasteiger partial charge in [0, 0.05) is 60.4 Å². The van der Waals surface area contributed by atoms with Crippen molar-refractivity contribution < 1.29 is 17.5 Å². The van der Waals surface area contributed by atoms with Gasteiger partial charge in [-0.15, -0.1) is 3.89 Å². The normalized spacial score (nSPS) is 14.4. The molecule has 12 heteroatoms. The first kappa shape index (κ1) is 26.6. The Hall–Kier alpha value is -4.03. The van der Waals surface area contributed by atoms with Crippen molar-refractivity contribution in [2.75, 3.05) is 48.8 Å². The van der Waals surface area contributed by atoms with Gasteiger partial charge in [-0.05, 0) is 55.6 Å². The fraction of sp³-hybridized carbons (Fsp3) is 0.222. The molecule has 4 aromatic rings. The fourth-order valence-electron chi connectivity index (χ4n) is 4.41. The molecule has 0 saturated carbocycles. The van der Waals surface area contributed by atoms with E-state index in [1.807, 2.05) is 24.3 Å². The van der Waals surface area contributed by atoms with E-state index in [0.29, 0.717) is 5.69 Å². The smallest absolute Gasteiger partial charge is 0.315 e. The number of carbonyl (C=O) groups is 1. The Kier molecular flexibility index (Phi) is 7.49. The van der Waals surface area contributed by atoms with Crippen LogP contribution < -0.4 is 15.5 Å². The summed E-state index contributed by atoms with van der Waals surface area (Å²) in [4.78, 5) is 24.7. The Morgan fingerprint density at radius 3 is 2.49 bits per heavy atom. The molecule has 1 fully saturated rings. The molecule has 3 heterocycles. The van der Waals surface area contributed by atoms with Crippen molar-refractivity contribution in [1.82, 2.24) is 18.8 Å². The molecule has 1 saturated heterocycles. The van der Waals surface area contributed by atoms with Crippen molar-refractivity contribution in [1.29, 1.82) is 0 Å². The van der Waals surface area contributed by atoms with Gasteiger partial charge in [-0.25, -0.2) is 8.96 Å². The van der Waals surface area contributed by atoms with Crippen LogP contribution in [-0.2, 0) is 10.7 Å². The second-order valence-electron chi connectivity index (χ2n) is 9.15. The van der Waals surface area contributed by atoms with Crippen LogP contribution in [-0.4, -0.2) is 58.0 Å². The van der Waals surface area contributed by atoms with E-state index in [1.54, 1.807) is 0 Å². The molecule has 0 radical (unpaired) electrons. The minimum atomic E-state index is -3.59. The summed E-state index contributed by atoms with van der Waals surface area (Å²) >= 11 is -0.147. The van der Waals surface area contributed by atoms with Crippen LogP contribution in [0.5, 0.6) is 0 Å². The number of fused-ring (bicyclic) bond motifs is 1. The highest BCUT2D eigenvalue weighted by Gasteiger charge is 2.39. The molecule has 0 spiro atoms. The number of hydrogen-bond acceptors (Lipinski definition) is 7.